The maximum absolute atomic E-state index is 12.4. The number of rotatable bonds is 7. The van der Waals surface area contributed by atoms with Crippen LogP contribution in [0.15, 0.2) is 60.8 Å². The van der Waals surface area contributed by atoms with Gasteiger partial charge in [-0.3, -0.25) is 9.78 Å². The number of hydrogen-bond donors (Lipinski definition) is 2. The van der Waals surface area contributed by atoms with Crippen LogP contribution >= 0.6 is 0 Å². The Hall–Kier alpha value is -3.91. The van der Waals surface area contributed by atoms with E-state index in [-0.39, 0.29) is 23.9 Å². The van der Waals surface area contributed by atoms with Crippen molar-refractivity contribution in [2.75, 3.05) is 18.4 Å². The number of aryl methyl sites for hydroxylation is 1. The van der Waals surface area contributed by atoms with Crippen LogP contribution in [0, 0.1) is 0 Å². The van der Waals surface area contributed by atoms with Crippen LogP contribution in [0.2, 0.25) is 0 Å². The number of esters is 1. The fraction of sp³-hybridized carbons (Fsp3) is 0.367. The molecule has 0 saturated carbocycles. The van der Waals surface area contributed by atoms with Crippen molar-refractivity contribution in [3.63, 3.8) is 0 Å². The molecule has 0 amide bonds. The van der Waals surface area contributed by atoms with Gasteiger partial charge in [0.1, 0.15) is 17.6 Å². The van der Waals surface area contributed by atoms with Crippen LogP contribution in [-0.4, -0.2) is 39.7 Å². The zero-order valence-electron chi connectivity index (χ0n) is 22.5. The highest BCUT2D eigenvalue weighted by Crippen LogP contribution is 2.30. The van der Waals surface area contributed by atoms with E-state index in [1.54, 1.807) is 18.3 Å². The lowest BCUT2D eigenvalue weighted by atomic mass is 9.87. The van der Waals surface area contributed by atoms with E-state index in [0.29, 0.717) is 17.2 Å². The monoisotopic (exact) mass is 513 g/mol. The molecule has 8 heteroatoms. The summed E-state index contributed by atoms with van der Waals surface area (Å²) in [4.78, 5) is 21.5. The van der Waals surface area contributed by atoms with E-state index in [0.717, 1.165) is 48.6 Å². The third-order valence-electron chi connectivity index (χ3n) is 6.77. The summed E-state index contributed by atoms with van der Waals surface area (Å²) in [6, 6.07) is 17.8. The van der Waals surface area contributed by atoms with Crippen LogP contribution in [0.3, 0.4) is 0 Å². The fourth-order valence-corrected chi connectivity index (χ4v) is 4.59. The van der Waals surface area contributed by atoms with E-state index < -0.39 is 0 Å². The van der Waals surface area contributed by atoms with E-state index in [9.17, 15) is 4.79 Å². The van der Waals surface area contributed by atoms with Gasteiger partial charge in [-0.1, -0.05) is 32.9 Å². The zero-order chi connectivity index (χ0) is 26.7. The molecule has 38 heavy (non-hydrogen) atoms. The van der Waals surface area contributed by atoms with Gasteiger partial charge in [-0.25, -0.2) is 4.98 Å². The van der Waals surface area contributed by atoms with E-state index >= 15 is 0 Å². The molecule has 2 N–H and O–H groups in total. The van der Waals surface area contributed by atoms with Crippen LogP contribution < -0.4 is 15.4 Å². The molecule has 3 heterocycles. The molecule has 0 spiro atoms. The first-order valence-electron chi connectivity index (χ1n) is 13.1. The highest BCUT2D eigenvalue weighted by molar-refractivity contribution is 5.81. The number of carbonyl (C=O) groups is 1. The number of piperidine rings is 1. The smallest absolute Gasteiger partial charge is 0.312 e. The summed E-state index contributed by atoms with van der Waals surface area (Å²) < 4.78 is 13.7. The topological polar surface area (TPSA) is 90.3 Å². The second kappa shape index (κ2) is 10.8. The van der Waals surface area contributed by atoms with Crippen molar-refractivity contribution >= 4 is 28.6 Å². The Kier molecular flexibility index (Phi) is 7.33. The molecule has 0 atom stereocenters. The molecule has 1 aliphatic heterocycles. The molecule has 1 saturated heterocycles. The maximum atomic E-state index is 12.4. The van der Waals surface area contributed by atoms with Crippen LogP contribution in [0.5, 0.6) is 11.5 Å². The summed E-state index contributed by atoms with van der Waals surface area (Å²) in [7, 11) is 1.99. The van der Waals surface area contributed by atoms with Gasteiger partial charge < -0.3 is 24.7 Å². The van der Waals surface area contributed by atoms with Gasteiger partial charge in [-0.05, 0) is 67.2 Å². The minimum Gasteiger partial charge on any atom is -0.462 e. The highest BCUT2D eigenvalue weighted by atomic mass is 16.5. The predicted molar refractivity (Wildman–Crippen MR) is 149 cm³/mol. The van der Waals surface area contributed by atoms with Crippen molar-refractivity contribution in [2.45, 2.75) is 51.6 Å². The average Bonchev–Trinajstić information content (AvgIpc) is 3.18. The first-order chi connectivity index (χ1) is 18.2. The van der Waals surface area contributed by atoms with Gasteiger partial charge in [0, 0.05) is 31.1 Å². The van der Waals surface area contributed by atoms with Crippen LogP contribution in [-0.2, 0) is 28.4 Å². The molecule has 0 radical (unpaired) electrons. The second-order valence-electron chi connectivity index (χ2n) is 10.8. The number of fused-ring (bicyclic) bond motifs is 1. The molecular formula is C30H35N5O3. The maximum Gasteiger partial charge on any atom is 0.312 e. The molecule has 1 fully saturated rings. The quantitative estimate of drug-likeness (QED) is 0.309. The Morgan fingerprint density at radius 3 is 2.66 bits per heavy atom. The van der Waals surface area contributed by atoms with Gasteiger partial charge in [-0.15, -0.1) is 0 Å². The lowest BCUT2D eigenvalue weighted by molar-refractivity contribution is -0.149. The Balaban J connectivity index is 1.28. The lowest BCUT2D eigenvalue weighted by Gasteiger charge is -2.22. The fourth-order valence-electron chi connectivity index (χ4n) is 4.59. The number of imidazole rings is 1. The van der Waals surface area contributed by atoms with Crippen molar-refractivity contribution in [3.05, 3.63) is 72.1 Å². The molecule has 0 aliphatic carbocycles. The Morgan fingerprint density at radius 1 is 1.08 bits per heavy atom. The number of nitrogens with one attached hydrogen (secondary N) is 2. The van der Waals surface area contributed by atoms with Crippen molar-refractivity contribution in [1.82, 2.24) is 19.9 Å². The van der Waals surface area contributed by atoms with E-state index in [4.69, 9.17) is 14.5 Å². The number of pyridine rings is 1. The number of ether oxygens (including phenoxy) is 2. The first-order valence-corrected chi connectivity index (χ1v) is 13.1. The number of carbonyl (C=O) groups excluding carboxylic acids is 1. The van der Waals surface area contributed by atoms with Crippen molar-refractivity contribution < 1.29 is 14.3 Å². The molecule has 0 unspecified atom stereocenters. The number of anilines is 2. The Labute approximate surface area is 223 Å². The molecule has 2 aromatic heterocycles. The van der Waals surface area contributed by atoms with Crippen molar-refractivity contribution in [2.24, 2.45) is 7.05 Å². The first kappa shape index (κ1) is 25.7. The molecule has 0 bridgehead atoms. The number of hydrogen-bond acceptors (Lipinski definition) is 7. The molecule has 4 aromatic rings. The van der Waals surface area contributed by atoms with Gasteiger partial charge >= 0.3 is 5.97 Å². The van der Waals surface area contributed by atoms with Crippen LogP contribution in [0.1, 0.15) is 44.9 Å². The minimum absolute atomic E-state index is 0.0184. The average molecular weight is 514 g/mol. The van der Waals surface area contributed by atoms with E-state index in [1.807, 2.05) is 35.9 Å². The van der Waals surface area contributed by atoms with Gasteiger partial charge in [0.05, 0.1) is 23.1 Å². The van der Waals surface area contributed by atoms with Crippen LogP contribution in [0.4, 0.5) is 11.6 Å². The molecular weight excluding hydrogens is 478 g/mol. The Morgan fingerprint density at radius 2 is 1.87 bits per heavy atom. The van der Waals surface area contributed by atoms with Crippen molar-refractivity contribution in [1.29, 1.82) is 0 Å². The number of nitrogens with zero attached hydrogens (tertiary/aromatic N) is 3. The van der Waals surface area contributed by atoms with E-state index in [1.165, 1.54) is 5.56 Å². The summed E-state index contributed by atoms with van der Waals surface area (Å²) in [5.41, 5.74) is 4.74. The Bertz CT molecular complexity index is 1430. The standard InChI is InChI=1S/C30H35N5O3/c1-30(2,3)20-6-5-7-21(16-20)33-29-34-26-19-24(8-9-27(26)35(29)4)37-25-12-15-32-22(17-25)18-28(36)38-23-10-13-31-14-11-23/h5-9,12,15-17,19,23,31H,10-11,13-14,18H2,1-4H3,(H,33,34). The SMILES string of the molecule is Cn1c(Nc2cccc(C(C)(C)C)c2)nc2cc(Oc3ccnc(CC(=O)OC4CCNCC4)c3)ccc21. The number of aromatic nitrogens is 3. The predicted octanol–water partition coefficient (Wildman–Crippen LogP) is 5.64. The third-order valence-corrected chi connectivity index (χ3v) is 6.77. The van der Waals surface area contributed by atoms with Crippen molar-refractivity contribution in [3.8, 4) is 11.5 Å². The minimum atomic E-state index is -0.260. The largest absolute Gasteiger partial charge is 0.462 e. The summed E-state index contributed by atoms with van der Waals surface area (Å²) in [5.74, 6) is 1.76. The van der Waals surface area contributed by atoms with Crippen LogP contribution in [0.25, 0.3) is 11.0 Å². The molecule has 5 rings (SSSR count). The van der Waals surface area contributed by atoms with Gasteiger partial charge in [-0.2, -0.15) is 0 Å². The zero-order valence-corrected chi connectivity index (χ0v) is 22.5. The van der Waals surface area contributed by atoms with Gasteiger partial charge in [0.15, 0.2) is 0 Å². The summed E-state index contributed by atoms with van der Waals surface area (Å²) >= 11 is 0. The highest BCUT2D eigenvalue weighted by Gasteiger charge is 2.18. The normalized spacial score (nSPS) is 14.4. The summed E-state index contributed by atoms with van der Waals surface area (Å²) in [5, 5.41) is 6.73. The van der Waals surface area contributed by atoms with Gasteiger partial charge in [0.2, 0.25) is 5.95 Å². The summed E-state index contributed by atoms with van der Waals surface area (Å²) in [6.45, 7) is 8.37. The second-order valence-corrected chi connectivity index (χ2v) is 10.8. The number of benzene rings is 2. The molecule has 2 aromatic carbocycles. The summed E-state index contributed by atoms with van der Waals surface area (Å²) in [6.07, 6.45) is 3.44. The van der Waals surface area contributed by atoms with E-state index in [2.05, 4.69) is 54.6 Å². The molecule has 1 aliphatic rings. The van der Waals surface area contributed by atoms with Gasteiger partial charge in [0.25, 0.3) is 0 Å². The molecule has 198 valence electrons. The molecule has 8 nitrogen and oxygen atoms in total. The third kappa shape index (κ3) is 6.14. The lowest BCUT2D eigenvalue weighted by Crippen LogP contribution is -2.34.